The number of rotatable bonds is 5. The quantitative estimate of drug-likeness (QED) is 0.675. The maximum atomic E-state index is 13.4. The predicted octanol–water partition coefficient (Wildman–Crippen LogP) is 2.60. The number of ether oxygens (including phenoxy) is 2. The van der Waals surface area contributed by atoms with Crippen LogP contribution in [0, 0.1) is 5.82 Å². The molecular weight excluding hydrogens is 423 g/mol. The van der Waals surface area contributed by atoms with E-state index < -0.39 is 44.4 Å². The lowest BCUT2D eigenvalue weighted by atomic mass is 10.2. The molecule has 2 rings (SSSR count). The second kappa shape index (κ2) is 9.44. The molecule has 2 amide bonds. The SMILES string of the molecule is CC(C)(C)OC(=O)N1C[Si](NC(=O)COc2ccc(Cl)c(F)c2)CC[C@@H]1C(=O)O. The van der Waals surface area contributed by atoms with Crippen LogP contribution in [0.5, 0.6) is 5.75 Å². The maximum Gasteiger partial charge on any atom is 0.410 e. The van der Waals surface area contributed by atoms with E-state index in [-0.39, 0.29) is 30.0 Å². The standard InChI is InChI=1S/C18H23ClFN2O6Si/c1-18(2,3)28-17(26)22-10-29(7-6-14(22)16(24)25)21-15(23)9-27-11-4-5-12(19)13(20)8-11/h4-5,8,14H,6-7,9-10H2,1-3H3,(H,21,23)(H,24,25)/t14-/m1/s1. The van der Waals surface area contributed by atoms with E-state index in [1.165, 1.54) is 12.1 Å². The average molecular weight is 446 g/mol. The number of halogens is 2. The summed E-state index contributed by atoms with van der Waals surface area (Å²) in [6, 6.07) is 3.32. The van der Waals surface area contributed by atoms with Crippen molar-refractivity contribution < 1.29 is 33.4 Å². The van der Waals surface area contributed by atoms with Crippen molar-refractivity contribution in [2.24, 2.45) is 0 Å². The highest BCUT2D eigenvalue weighted by atomic mass is 35.5. The van der Waals surface area contributed by atoms with Gasteiger partial charge in [-0.3, -0.25) is 9.69 Å². The minimum Gasteiger partial charge on any atom is -0.484 e. The summed E-state index contributed by atoms with van der Waals surface area (Å²) >= 11 is 5.60. The number of aliphatic carboxylic acids is 1. The molecule has 1 fully saturated rings. The van der Waals surface area contributed by atoms with Crippen LogP contribution in [0.3, 0.4) is 0 Å². The number of carbonyl (C=O) groups excluding carboxylic acids is 2. The first kappa shape index (κ1) is 23.0. The summed E-state index contributed by atoms with van der Waals surface area (Å²) in [6.07, 6.45) is -0.418. The molecular formula is C18H23ClFN2O6Si. The third-order valence-electron chi connectivity index (χ3n) is 3.95. The van der Waals surface area contributed by atoms with Gasteiger partial charge in [0.15, 0.2) is 15.6 Å². The Morgan fingerprint density at radius 2 is 2.07 bits per heavy atom. The van der Waals surface area contributed by atoms with Crippen molar-refractivity contribution in [3.63, 3.8) is 0 Å². The van der Waals surface area contributed by atoms with Gasteiger partial charge in [0.1, 0.15) is 23.2 Å². The third-order valence-corrected chi connectivity index (χ3v) is 6.50. The van der Waals surface area contributed by atoms with Crippen LogP contribution in [0.2, 0.25) is 11.1 Å². The molecule has 1 aliphatic rings. The van der Waals surface area contributed by atoms with Crippen molar-refractivity contribution in [2.45, 2.75) is 44.9 Å². The van der Waals surface area contributed by atoms with Gasteiger partial charge in [0.2, 0.25) is 5.91 Å². The minimum absolute atomic E-state index is 0.0512. The summed E-state index contributed by atoms with van der Waals surface area (Å²) < 4.78 is 24.0. The summed E-state index contributed by atoms with van der Waals surface area (Å²) in [5.41, 5.74) is -0.768. The van der Waals surface area contributed by atoms with Gasteiger partial charge in [-0.1, -0.05) is 11.6 Å². The van der Waals surface area contributed by atoms with Crippen molar-refractivity contribution in [3.8, 4) is 5.75 Å². The molecule has 1 atom stereocenters. The molecule has 1 aromatic rings. The van der Waals surface area contributed by atoms with E-state index in [1.54, 1.807) is 20.8 Å². The highest BCUT2D eigenvalue weighted by molar-refractivity contribution is 6.59. The van der Waals surface area contributed by atoms with Gasteiger partial charge < -0.3 is 19.6 Å². The van der Waals surface area contributed by atoms with E-state index in [4.69, 9.17) is 21.1 Å². The van der Waals surface area contributed by atoms with E-state index in [0.29, 0.717) is 6.04 Å². The molecule has 0 spiro atoms. The van der Waals surface area contributed by atoms with E-state index in [9.17, 15) is 23.9 Å². The van der Waals surface area contributed by atoms with Crippen molar-refractivity contribution in [2.75, 3.05) is 12.8 Å². The number of benzene rings is 1. The van der Waals surface area contributed by atoms with Crippen molar-refractivity contribution >= 4 is 38.5 Å². The van der Waals surface area contributed by atoms with E-state index in [2.05, 4.69) is 4.98 Å². The van der Waals surface area contributed by atoms with Gasteiger partial charge in [-0.05, 0) is 45.4 Å². The first-order valence-corrected chi connectivity index (χ1v) is 11.2. The summed E-state index contributed by atoms with van der Waals surface area (Å²) in [6.45, 7) is 4.73. The molecule has 0 unspecified atom stereocenters. The highest BCUT2D eigenvalue weighted by Crippen LogP contribution is 2.21. The second-order valence-electron chi connectivity index (χ2n) is 7.52. The monoisotopic (exact) mass is 445 g/mol. The first-order valence-electron chi connectivity index (χ1n) is 8.91. The van der Waals surface area contributed by atoms with Crippen LogP contribution >= 0.6 is 11.6 Å². The molecule has 0 saturated carbocycles. The summed E-state index contributed by atoms with van der Waals surface area (Å²) in [5.74, 6) is -2.05. The van der Waals surface area contributed by atoms with Gasteiger partial charge in [-0.25, -0.2) is 14.0 Å². The molecule has 0 aliphatic carbocycles. The van der Waals surface area contributed by atoms with E-state index in [0.717, 1.165) is 11.0 Å². The van der Waals surface area contributed by atoms with E-state index in [1.807, 2.05) is 0 Å². The van der Waals surface area contributed by atoms with Crippen molar-refractivity contribution in [1.82, 2.24) is 9.88 Å². The van der Waals surface area contributed by atoms with Gasteiger partial charge >= 0.3 is 12.1 Å². The van der Waals surface area contributed by atoms with Gasteiger partial charge in [0.05, 0.1) is 5.02 Å². The molecule has 2 N–H and O–H groups in total. The average Bonchev–Trinajstić information content (AvgIpc) is 2.61. The number of amides is 2. The van der Waals surface area contributed by atoms with Crippen LogP contribution < -0.4 is 9.72 Å². The number of nitrogens with zero attached hydrogens (tertiary/aromatic N) is 1. The lowest BCUT2D eigenvalue weighted by Gasteiger charge is -2.37. The zero-order valence-electron chi connectivity index (χ0n) is 16.3. The molecule has 0 bridgehead atoms. The number of carbonyl (C=O) groups is 3. The van der Waals surface area contributed by atoms with Crippen molar-refractivity contribution in [1.29, 1.82) is 0 Å². The van der Waals surface area contributed by atoms with E-state index >= 15 is 0 Å². The summed E-state index contributed by atoms with van der Waals surface area (Å²) in [5, 5.41) is 9.34. The minimum atomic E-state index is -1.59. The second-order valence-corrected chi connectivity index (χ2v) is 10.2. The zero-order chi connectivity index (χ0) is 21.8. The molecule has 159 valence electrons. The molecule has 1 aromatic carbocycles. The molecule has 11 heteroatoms. The van der Waals surface area contributed by atoms with Crippen LogP contribution in [-0.2, 0) is 14.3 Å². The third kappa shape index (κ3) is 6.89. The lowest BCUT2D eigenvalue weighted by Crippen LogP contribution is -2.59. The molecule has 1 radical (unpaired) electrons. The Morgan fingerprint density at radius 1 is 1.38 bits per heavy atom. The van der Waals surface area contributed by atoms with Crippen LogP contribution in [0.25, 0.3) is 0 Å². The Morgan fingerprint density at radius 3 is 2.66 bits per heavy atom. The zero-order valence-corrected chi connectivity index (χ0v) is 18.1. The Balaban J connectivity index is 1.94. The van der Waals surface area contributed by atoms with Gasteiger partial charge in [0, 0.05) is 12.2 Å². The van der Waals surface area contributed by atoms with Gasteiger partial charge in [-0.15, -0.1) is 0 Å². The Hall–Kier alpha value is -2.33. The van der Waals surface area contributed by atoms with Crippen LogP contribution in [-0.4, -0.2) is 61.4 Å². The van der Waals surface area contributed by atoms with Gasteiger partial charge in [-0.2, -0.15) is 0 Å². The molecule has 1 heterocycles. The van der Waals surface area contributed by atoms with Crippen LogP contribution in [0.4, 0.5) is 9.18 Å². The number of nitrogens with one attached hydrogen (secondary N) is 1. The fourth-order valence-corrected chi connectivity index (χ4v) is 5.01. The van der Waals surface area contributed by atoms with Crippen LogP contribution in [0.1, 0.15) is 27.2 Å². The fraction of sp³-hybridized carbons (Fsp3) is 0.500. The van der Waals surface area contributed by atoms with Gasteiger partial charge in [0.25, 0.3) is 0 Å². The highest BCUT2D eigenvalue weighted by Gasteiger charge is 2.39. The largest absolute Gasteiger partial charge is 0.484 e. The smallest absolute Gasteiger partial charge is 0.410 e. The molecule has 0 aromatic heterocycles. The lowest BCUT2D eigenvalue weighted by molar-refractivity contribution is -0.143. The first-order chi connectivity index (χ1) is 13.5. The predicted molar refractivity (Wildman–Crippen MR) is 105 cm³/mol. The summed E-state index contributed by atoms with van der Waals surface area (Å²) in [4.78, 5) is 40.0. The Labute approximate surface area is 174 Å². The number of carboxylic acid groups (broad SMARTS) is 1. The summed E-state index contributed by atoms with van der Waals surface area (Å²) in [7, 11) is -1.59. The maximum absolute atomic E-state index is 13.4. The Bertz CT molecular complexity index is 788. The fourth-order valence-electron chi connectivity index (χ4n) is 2.68. The van der Waals surface area contributed by atoms with Crippen LogP contribution in [0.15, 0.2) is 18.2 Å². The number of carboxylic acids is 1. The molecule has 29 heavy (non-hydrogen) atoms. The number of hydrogen-bond donors (Lipinski definition) is 2. The molecule has 1 saturated heterocycles. The Kier molecular flexibility index (Phi) is 7.47. The molecule has 1 aliphatic heterocycles. The van der Waals surface area contributed by atoms with Crippen molar-refractivity contribution in [3.05, 3.63) is 29.0 Å². The normalized spacial score (nSPS) is 17.6. The topological polar surface area (TPSA) is 105 Å². The molecule has 8 nitrogen and oxygen atoms in total. The number of hydrogen-bond acceptors (Lipinski definition) is 5.